The van der Waals surface area contributed by atoms with Crippen LogP contribution in [0.15, 0.2) is 12.2 Å². The minimum Gasteiger partial charge on any atom is -0.241 e. The van der Waals surface area contributed by atoms with Crippen LogP contribution in [0.2, 0.25) is 0 Å². The van der Waals surface area contributed by atoms with E-state index >= 15 is 0 Å². The lowest BCUT2D eigenvalue weighted by atomic mass is 10.2. The molecule has 0 aromatic carbocycles. The van der Waals surface area contributed by atoms with Crippen molar-refractivity contribution in [1.29, 1.82) is 0 Å². The number of nitrogens with zero attached hydrogens (tertiary/aromatic N) is 2. The Labute approximate surface area is 81.2 Å². The van der Waals surface area contributed by atoms with E-state index in [1.54, 1.807) is 0 Å². The Kier molecular flexibility index (Phi) is 3.39. The maximum absolute atomic E-state index is 2.55. The number of piperidine rings is 1. The number of rotatable bonds is 1. The van der Waals surface area contributed by atoms with Crippen LogP contribution >= 0.6 is 0 Å². The Morgan fingerprint density at radius 3 is 2.31 bits per heavy atom. The van der Waals surface area contributed by atoms with Crippen molar-refractivity contribution in [1.82, 2.24) is 10.0 Å². The first-order valence-electron chi connectivity index (χ1n) is 5.61. The van der Waals surface area contributed by atoms with Crippen LogP contribution in [0.5, 0.6) is 0 Å². The Hall–Kier alpha value is -0.340. The molecule has 2 aliphatic rings. The van der Waals surface area contributed by atoms with Crippen molar-refractivity contribution in [3.8, 4) is 0 Å². The maximum Gasteiger partial charge on any atom is 0.0314 e. The monoisotopic (exact) mass is 180 g/mol. The van der Waals surface area contributed by atoms with E-state index in [0.29, 0.717) is 0 Å². The molecule has 74 valence electrons. The number of hydrazine groups is 1. The molecule has 0 bridgehead atoms. The second kappa shape index (κ2) is 4.77. The van der Waals surface area contributed by atoms with Crippen LogP contribution in [-0.4, -0.2) is 36.2 Å². The summed E-state index contributed by atoms with van der Waals surface area (Å²) in [6.45, 7) is 4.97. The first-order valence-corrected chi connectivity index (χ1v) is 5.61. The molecule has 2 aliphatic heterocycles. The summed E-state index contributed by atoms with van der Waals surface area (Å²) < 4.78 is 0. The average molecular weight is 180 g/mol. The van der Waals surface area contributed by atoms with Crippen LogP contribution < -0.4 is 0 Å². The lowest BCUT2D eigenvalue weighted by Gasteiger charge is -2.36. The molecule has 2 rings (SSSR count). The standard InChI is InChI=1S/C11H20N2/c1-2-5-9-12(8-4-1)13-10-6-3-7-11-13/h1,4H,2-3,5-11H2. The summed E-state index contributed by atoms with van der Waals surface area (Å²) in [6, 6.07) is 0. The molecule has 0 saturated carbocycles. The molecular weight excluding hydrogens is 160 g/mol. The highest BCUT2D eigenvalue weighted by Gasteiger charge is 2.17. The van der Waals surface area contributed by atoms with Gasteiger partial charge in [0.15, 0.2) is 0 Å². The second-order valence-corrected chi connectivity index (χ2v) is 4.04. The Morgan fingerprint density at radius 1 is 0.692 bits per heavy atom. The highest BCUT2D eigenvalue weighted by atomic mass is 15.6. The van der Waals surface area contributed by atoms with Crippen LogP contribution in [-0.2, 0) is 0 Å². The van der Waals surface area contributed by atoms with E-state index in [9.17, 15) is 0 Å². The van der Waals surface area contributed by atoms with Gasteiger partial charge in [0, 0.05) is 26.2 Å². The van der Waals surface area contributed by atoms with E-state index in [4.69, 9.17) is 0 Å². The van der Waals surface area contributed by atoms with Gasteiger partial charge in [-0.3, -0.25) is 0 Å². The van der Waals surface area contributed by atoms with Gasteiger partial charge in [-0.25, -0.2) is 10.0 Å². The van der Waals surface area contributed by atoms with Gasteiger partial charge in [-0.2, -0.15) is 0 Å². The maximum atomic E-state index is 2.55. The summed E-state index contributed by atoms with van der Waals surface area (Å²) in [5, 5.41) is 5.09. The lowest BCUT2D eigenvalue weighted by molar-refractivity contribution is -0.0290. The third kappa shape index (κ3) is 2.55. The van der Waals surface area contributed by atoms with E-state index in [1.807, 2.05) is 0 Å². The van der Waals surface area contributed by atoms with Crippen molar-refractivity contribution in [2.75, 3.05) is 26.2 Å². The third-order valence-electron chi connectivity index (χ3n) is 3.00. The quantitative estimate of drug-likeness (QED) is 0.570. The minimum atomic E-state index is 1.14. The van der Waals surface area contributed by atoms with Crippen molar-refractivity contribution in [2.24, 2.45) is 0 Å². The summed E-state index contributed by atoms with van der Waals surface area (Å²) >= 11 is 0. The molecule has 0 unspecified atom stereocenters. The van der Waals surface area contributed by atoms with Crippen LogP contribution in [0, 0.1) is 0 Å². The number of hydrogen-bond donors (Lipinski definition) is 0. The molecule has 13 heavy (non-hydrogen) atoms. The first-order chi connectivity index (χ1) is 6.47. The van der Waals surface area contributed by atoms with Gasteiger partial charge in [0.1, 0.15) is 0 Å². The normalized spacial score (nSPS) is 27.4. The summed E-state index contributed by atoms with van der Waals surface area (Å²) in [4.78, 5) is 0. The van der Waals surface area contributed by atoms with E-state index in [2.05, 4.69) is 22.2 Å². The molecule has 0 spiro atoms. The second-order valence-electron chi connectivity index (χ2n) is 4.04. The van der Waals surface area contributed by atoms with Crippen LogP contribution in [0.1, 0.15) is 32.1 Å². The van der Waals surface area contributed by atoms with Crippen molar-refractivity contribution in [3.05, 3.63) is 12.2 Å². The van der Waals surface area contributed by atoms with Crippen molar-refractivity contribution < 1.29 is 0 Å². The van der Waals surface area contributed by atoms with Gasteiger partial charge in [-0.05, 0) is 25.7 Å². The molecule has 0 radical (unpaired) electrons. The predicted octanol–water partition coefficient (Wildman–Crippen LogP) is 2.04. The summed E-state index contributed by atoms with van der Waals surface area (Å²) in [6.07, 6.45) is 11.4. The molecule has 2 heterocycles. The Morgan fingerprint density at radius 2 is 1.46 bits per heavy atom. The molecule has 2 nitrogen and oxygen atoms in total. The highest BCUT2D eigenvalue weighted by Crippen LogP contribution is 2.13. The molecule has 0 aromatic heterocycles. The van der Waals surface area contributed by atoms with Gasteiger partial charge in [-0.15, -0.1) is 0 Å². The Bertz CT molecular complexity index is 171. The van der Waals surface area contributed by atoms with E-state index in [1.165, 1.54) is 51.7 Å². The molecular formula is C11H20N2. The van der Waals surface area contributed by atoms with Crippen LogP contribution in [0.25, 0.3) is 0 Å². The van der Waals surface area contributed by atoms with Gasteiger partial charge < -0.3 is 0 Å². The largest absolute Gasteiger partial charge is 0.241 e. The van der Waals surface area contributed by atoms with Gasteiger partial charge >= 0.3 is 0 Å². The Balaban J connectivity index is 1.86. The van der Waals surface area contributed by atoms with E-state index in [-0.39, 0.29) is 0 Å². The minimum absolute atomic E-state index is 1.14. The van der Waals surface area contributed by atoms with Gasteiger partial charge in [0.2, 0.25) is 0 Å². The van der Waals surface area contributed by atoms with Gasteiger partial charge in [0.05, 0.1) is 0 Å². The molecule has 0 aliphatic carbocycles. The van der Waals surface area contributed by atoms with E-state index in [0.717, 1.165) is 6.54 Å². The van der Waals surface area contributed by atoms with Crippen molar-refractivity contribution >= 4 is 0 Å². The summed E-state index contributed by atoms with van der Waals surface area (Å²) in [7, 11) is 0. The van der Waals surface area contributed by atoms with Gasteiger partial charge in [-0.1, -0.05) is 18.6 Å². The van der Waals surface area contributed by atoms with Crippen LogP contribution in [0.3, 0.4) is 0 Å². The third-order valence-corrected chi connectivity index (χ3v) is 3.00. The molecule has 0 amide bonds. The number of hydrogen-bond acceptors (Lipinski definition) is 2. The SMILES string of the molecule is C1=CCN(N2CCCCC2)CCC1. The molecule has 1 saturated heterocycles. The fourth-order valence-corrected chi connectivity index (χ4v) is 2.21. The van der Waals surface area contributed by atoms with Crippen LogP contribution in [0.4, 0.5) is 0 Å². The molecule has 0 atom stereocenters. The van der Waals surface area contributed by atoms with Crippen molar-refractivity contribution in [3.63, 3.8) is 0 Å². The zero-order chi connectivity index (χ0) is 8.93. The fourth-order valence-electron chi connectivity index (χ4n) is 2.21. The molecule has 0 aromatic rings. The smallest absolute Gasteiger partial charge is 0.0314 e. The lowest BCUT2D eigenvalue weighted by Crippen LogP contribution is -2.45. The highest BCUT2D eigenvalue weighted by molar-refractivity contribution is 4.87. The first kappa shape index (κ1) is 9.22. The summed E-state index contributed by atoms with van der Waals surface area (Å²) in [5.41, 5.74) is 0. The fraction of sp³-hybridized carbons (Fsp3) is 0.818. The zero-order valence-electron chi connectivity index (χ0n) is 8.41. The molecule has 2 heteroatoms. The predicted molar refractivity (Wildman–Crippen MR) is 55.4 cm³/mol. The molecule has 1 fully saturated rings. The topological polar surface area (TPSA) is 6.48 Å². The van der Waals surface area contributed by atoms with Crippen molar-refractivity contribution in [2.45, 2.75) is 32.1 Å². The average Bonchev–Trinajstić information content (AvgIpc) is 2.47. The molecule has 0 N–H and O–H groups in total. The zero-order valence-corrected chi connectivity index (χ0v) is 8.41. The summed E-state index contributed by atoms with van der Waals surface area (Å²) in [5.74, 6) is 0. The van der Waals surface area contributed by atoms with Gasteiger partial charge in [0.25, 0.3) is 0 Å². The number of allylic oxidation sites excluding steroid dienone is 1. The van der Waals surface area contributed by atoms with E-state index < -0.39 is 0 Å².